The lowest BCUT2D eigenvalue weighted by Crippen LogP contribution is -1.84. The summed E-state index contributed by atoms with van der Waals surface area (Å²) in [5.74, 6) is 0. The van der Waals surface area contributed by atoms with Crippen LogP contribution in [0.1, 0.15) is 5.56 Å². The van der Waals surface area contributed by atoms with E-state index in [0.29, 0.717) is 0 Å². The van der Waals surface area contributed by atoms with E-state index in [9.17, 15) is 0 Å². The zero-order valence-corrected chi connectivity index (χ0v) is 10.5. The molecule has 0 bridgehead atoms. The smallest absolute Gasteiger partial charge is 0.141 e. The Bertz CT molecular complexity index is 486. The number of halogens is 2. The maximum absolute atomic E-state index is 5.76. The molecular formula is C12H9Cl2Si. The standard InChI is InChI=1S/C12H9Cl2Si/c13-15(14)9-8-11-6-3-5-10-4-1-2-7-12(10)11/h1-9H. The zero-order chi connectivity index (χ0) is 10.7. The van der Waals surface area contributed by atoms with Crippen LogP contribution in [0.15, 0.2) is 48.2 Å². The fourth-order valence-electron chi connectivity index (χ4n) is 1.55. The van der Waals surface area contributed by atoms with Gasteiger partial charge < -0.3 is 0 Å². The van der Waals surface area contributed by atoms with E-state index in [2.05, 4.69) is 24.3 Å². The van der Waals surface area contributed by atoms with E-state index in [1.165, 1.54) is 10.8 Å². The Morgan fingerprint density at radius 1 is 0.933 bits per heavy atom. The second-order valence-corrected chi connectivity index (χ2v) is 7.13. The predicted molar refractivity (Wildman–Crippen MR) is 70.4 cm³/mol. The second kappa shape index (κ2) is 4.84. The van der Waals surface area contributed by atoms with Gasteiger partial charge in [-0.25, -0.2) is 0 Å². The fraction of sp³-hybridized carbons (Fsp3) is 0. The molecule has 2 aromatic carbocycles. The lowest BCUT2D eigenvalue weighted by molar-refractivity contribution is 1.71. The highest BCUT2D eigenvalue weighted by molar-refractivity contribution is 7.36. The van der Waals surface area contributed by atoms with Crippen molar-refractivity contribution in [1.29, 1.82) is 0 Å². The molecule has 1 radical (unpaired) electrons. The summed E-state index contributed by atoms with van der Waals surface area (Å²) in [6, 6.07) is 14.5. The van der Waals surface area contributed by atoms with E-state index in [-0.39, 0.29) is 0 Å². The highest BCUT2D eigenvalue weighted by Crippen LogP contribution is 2.19. The average molecular weight is 252 g/mol. The molecule has 0 aromatic heterocycles. The quantitative estimate of drug-likeness (QED) is 0.550. The van der Waals surface area contributed by atoms with Gasteiger partial charge in [0.1, 0.15) is 0 Å². The van der Waals surface area contributed by atoms with Crippen LogP contribution in [0, 0.1) is 0 Å². The molecule has 0 heterocycles. The minimum absolute atomic E-state index is 1.16. The Balaban J connectivity index is 2.51. The van der Waals surface area contributed by atoms with E-state index in [1.807, 2.05) is 30.0 Å². The monoisotopic (exact) mass is 251 g/mol. The van der Waals surface area contributed by atoms with Crippen LogP contribution in [-0.2, 0) is 0 Å². The molecule has 0 atom stereocenters. The number of hydrogen-bond donors (Lipinski definition) is 0. The molecule has 0 fully saturated rings. The van der Waals surface area contributed by atoms with Gasteiger partial charge in [0.15, 0.2) is 0 Å². The number of hydrogen-bond acceptors (Lipinski definition) is 0. The fourth-order valence-corrected chi connectivity index (χ4v) is 2.23. The first-order valence-electron chi connectivity index (χ1n) is 4.61. The molecule has 0 saturated heterocycles. The van der Waals surface area contributed by atoms with Crippen molar-refractivity contribution in [2.24, 2.45) is 0 Å². The molecule has 0 nitrogen and oxygen atoms in total. The molecule has 0 aliphatic heterocycles. The Morgan fingerprint density at radius 3 is 2.47 bits per heavy atom. The van der Waals surface area contributed by atoms with Gasteiger partial charge in [0.05, 0.1) is 0 Å². The molecule has 0 aliphatic carbocycles. The zero-order valence-electron chi connectivity index (χ0n) is 7.95. The summed E-state index contributed by atoms with van der Waals surface area (Å²) in [4.78, 5) is 0. The molecule has 0 aliphatic rings. The minimum Gasteiger partial charge on any atom is -0.141 e. The van der Waals surface area contributed by atoms with Crippen molar-refractivity contribution in [1.82, 2.24) is 0 Å². The van der Waals surface area contributed by atoms with E-state index in [1.54, 1.807) is 0 Å². The van der Waals surface area contributed by atoms with Crippen molar-refractivity contribution in [3.05, 3.63) is 53.7 Å². The summed E-state index contributed by atoms with van der Waals surface area (Å²) >= 11 is 11.5. The van der Waals surface area contributed by atoms with E-state index < -0.39 is 7.42 Å². The van der Waals surface area contributed by atoms with Gasteiger partial charge in [0.2, 0.25) is 0 Å². The van der Waals surface area contributed by atoms with E-state index in [0.717, 1.165) is 5.56 Å². The normalized spacial score (nSPS) is 11.7. The lowest BCUT2D eigenvalue weighted by Gasteiger charge is -2.01. The van der Waals surface area contributed by atoms with Crippen LogP contribution in [0.5, 0.6) is 0 Å². The molecular weight excluding hydrogens is 243 g/mol. The van der Waals surface area contributed by atoms with Gasteiger partial charge in [0, 0.05) is 0 Å². The minimum atomic E-state index is -1.34. The highest BCUT2D eigenvalue weighted by atomic mass is 35.7. The molecule has 2 aromatic rings. The summed E-state index contributed by atoms with van der Waals surface area (Å²) < 4.78 is 0. The van der Waals surface area contributed by atoms with Crippen LogP contribution in [-0.4, -0.2) is 7.42 Å². The molecule has 0 saturated carbocycles. The summed E-state index contributed by atoms with van der Waals surface area (Å²) in [7, 11) is -1.34. The molecule has 0 N–H and O–H groups in total. The summed E-state index contributed by atoms with van der Waals surface area (Å²) in [5.41, 5.74) is 3.03. The van der Waals surface area contributed by atoms with Gasteiger partial charge in [-0.3, -0.25) is 0 Å². The number of benzene rings is 2. The van der Waals surface area contributed by atoms with Crippen molar-refractivity contribution in [3.8, 4) is 0 Å². The van der Waals surface area contributed by atoms with Crippen LogP contribution in [0.3, 0.4) is 0 Å². The molecule has 3 heteroatoms. The Labute approximate surface area is 100 Å². The Morgan fingerprint density at radius 2 is 1.67 bits per heavy atom. The summed E-state index contributed by atoms with van der Waals surface area (Å²) in [6.45, 7) is 0. The number of rotatable bonds is 2. The molecule has 0 spiro atoms. The summed E-state index contributed by atoms with van der Waals surface area (Å²) in [6.07, 6.45) is 2.00. The summed E-state index contributed by atoms with van der Waals surface area (Å²) in [5, 5.41) is 2.46. The molecule has 75 valence electrons. The third-order valence-corrected chi connectivity index (χ3v) is 3.39. The van der Waals surface area contributed by atoms with Crippen LogP contribution in [0.2, 0.25) is 0 Å². The third-order valence-electron chi connectivity index (χ3n) is 2.21. The SMILES string of the molecule is Cl[Si](Cl)C=Cc1cccc2ccccc12. The maximum Gasteiger partial charge on any atom is 0.299 e. The average Bonchev–Trinajstić information content (AvgIpc) is 2.26. The van der Waals surface area contributed by atoms with Crippen LogP contribution in [0.25, 0.3) is 16.8 Å². The third kappa shape index (κ3) is 2.62. The van der Waals surface area contributed by atoms with Gasteiger partial charge in [-0.15, -0.1) is 22.2 Å². The lowest BCUT2D eigenvalue weighted by atomic mass is 10.1. The van der Waals surface area contributed by atoms with Crippen molar-refractivity contribution in [2.45, 2.75) is 0 Å². The Hall–Kier alpha value is -0.763. The predicted octanol–water partition coefficient (Wildman–Crippen LogP) is 4.36. The van der Waals surface area contributed by atoms with E-state index >= 15 is 0 Å². The van der Waals surface area contributed by atoms with Gasteiger partial charge in [-0.05, 0) is 16.3 Å². The van der Waals surface area contributed by atoms with E-state index in [4.69, 9.17) is 22.2 Å². The maximum atomic E-state index is 5.76. The molecule has 0 amide bonds. The Kier molecular flexibility index (Phi) is 3.47. The number of fused-ring (bicyclic) bond motifs is 1. The highest BCUT2D eigenvalue weighted by Gasteiger charge is 1.98. The van der Waals surface area contributed by atoms with Crippen molar-refractivity contribution < 1.29 is 0 Å². The largest absolute Gasteiger partial charge is 0.299 e. The van der Waals surface area contributed by atoms with Crippen molar-refractivity contribution >= 4 is 46.4 Å². The van der Waals surface area contributed by atoms with Crippen LogP contribution >= 0.6 is 22.2 Å². The van der Waals surface area contributed by atoms with Gasteiger partial charge >= 0.3 is 0 Å². The van der Waals surface area contributed by atoms with Crippen molar-refractivity contribution in [3.63, 3.8) is 0 Å². The topological polar surface area (TPSA) is 0 Å². The van der Waals surface area contributed by atoms with Crippen molar-refractivity contribution in [2.75, 3.05) is 0 Å². The first-order chi connectivity index (χ1) is 7.27. The molecule has 2 rings (SSSR count). The van der Waals surface area contributed by atoms with Crippen LogP contribution in [0.4, 0.5) is 0 Å². The van der Waals surface area contributed by atoms with Crippen LogP contribution < -0.4 is 0 Å². The second-order valence-electron chi connectivity index (χ2n) is 3.19. The first kappa shape index (κ1) is 10.7. The first-order valence-corrected chi connectivity index (χ1v) is 8.21. The van der Waals surface area contributed by atoms with Gasteiger partial charge in [-0.1, -0.05) is 54.2 Å². The molecule has 15 heavy (non-hydrogen) atoms. The molecule has 0 unspecified atom stereocenters. The van der Waals surface area contributed by atoms with Gasteiger partial charge in [-0.2, -0.15) is 0 Å². The van der Waals surface area contributed by atoms with Gasteiger partial charge in [0.25, 0.3) is 7.42 Å².